The van der Waals surface area contributed by atoms with Gasteiger partial charge in [0.1, 0.15) is 16.8 Å². The standard InChI is InChI=1S/C34H40Cl2N4O3/c1-21-26(31(34(2,3)4)24-9-8-23-10-12-39(5)18-25(23)16-24)17-30(42-6)33-32(21)37-38-40(33)11-7-13-43-20-22-14-28(35)27(19-41)29(36)15-22/h8-9,14-17,19,31H,7,10-13,18,20H2,1-6H3. The average molecular weight is 624 g/mol. The summed E-state index contributed by atoms with van der Waals surface area (Å²) in [5, 5.41) is 9.81. The van der Waals surface area contributed by atoms with Gasteiger partial charge < -0.3 is 14.4 Å². The van der Waals surface area contributed by atoms with E-state index in [0.29, 0.717) is 41.7 Å². The Morgan fingerprint density at radius 1 is 1.09 bits per heavy atom. The zero-order chi connectivity index (χ0) is 30.9. The van der Waals surface area contributed by atoms with E-state index in [1.807, 2.05) is 4.68 Å². The first-order chi connectivity index (χ1) is 20.5. The summed E-state index contributed by atoms with van der Waals surface area (Å²) < 4.78 is 13.7. The summed E-state index contributed by atoms with van der Waals surface area (Å²) >= 11 is 12.3. The number of aldehydes is 1. The number of aryl methyl sites for hydroxylation is 2. The molecule has 9 heteroatoms. The molecule has 0 aliphatic carbocycles. The fraction of sp³-hybridized carbons (Fsp3) is 0.441. The molecule has 7 nitrogen and oxygen atoms in total. The monoisotopic (exact) mass is 622 g/mol. The van der Waals surface area contributed by atoms with Gasteiger partial charge in [-0.05, 0) is 83.8 Å². The summed E-state index contributed by atoms with van der Waals surface area (Å²) in [7, 11) is 3.90. The number of carbonyl (C=O) groups excluding carboxylic acids is 1. The third-order valence-corrected chi connectivity index (χ3v) is 9.02. The molecule has 1 aliphatic heterocycles. The third-order valence-electron chi connectivity index (χ3n) is 8.39. The molecule has 0 spiro atoms. The number of fused-ring (bicyclic) bond motifs is 2. The molecule has 3 aromatic carbocycles. The highest BCUT2D eigenvalue weighted by Crippen LogP contribution is 2.45. The lowest BCUT2D eigenvalue weighted by Crippen LogP contribution is -2.27. The zero-order valence-electron chi connectivity index (χ0n) is 25.8. The van der Waals surface area contributed by atoms with Gasteiger partial charge in [0.05, 0.1) is 29.3 Å². The molecule has 1 aliphatic rings. The summed E-state index contributed by atoms with van der Waals surface area (Å²) in [6, 6.07) is 12.6. The van der Waals surface area contributed by atoms with E-state index in [-0.39, 0.29) is 11.3 Å². The minimum absolute atomic E-state index is 0.0341. The molecule has 43 heavy (non-hydrogen) atoms. The maximum absolute atomic E-state index is 11.1. The maximum Gasteiger partial charge on any atom is 0.153 e. The van der Waals surface area contributed by atoms with Gasteiger partial charge in [0.15, 0.2) is 6.29 Å². The van der Waals surface area contributed by atoms with E-state index in [0.717, 1.165) is 53.8 Å². The van der Waals surface area contributed by atoms with Crippen LogP contribution in [0.15, 0.2) is 36.4 Å². The lowest BCUT2D eigenvalue weighted by molar-refractivity contribution is 0.112. The average Bonchev–Trinajstić information content (AvgIpc) is 3.37. The van der Waals surface area contributed by atoms with Crippen LogP contribution >= 0.6 is 23.2 Å². The predicted molar refractivity (Wildman–Crippen MR) is 173 cm³/mol. The number of carbonyl (C=O) groups is 1. The van der Waals surface area contributed by atoms with Crippen LogP contribution in [0.2, 0.25) is 10.0 Å². The van der Waals surface area contributed by atoms with E-state index in [4.69, 9.17) is 32.7 Å². The smallest absolute Gasteiger partial charge is 0.153 e. The second-order valence-corrected chi connectivity index (χ2v) is 13.4. The van der Waals surface area contributed by atoms with Crippen LogP contribution < -0.4 is 4.74 Å². The van der Waals surface area contributed by atoms with Crippen molar-refractivity contribution in [3.8, 4) is 5.75 Å². The van der Waals surface area contributed by atoms with E-state index in [9.17, 15) is 4.79 Å². The Morgan fingerprint density at radius 2 is 1.84 bits per heavy atom. The Balaban J connectivity index is 1.37. The molecule has 2 heterocycles. The Hall–Kier alpha value is -2.97. The van der Waals surface area contributed by atoms with Crippen molar-refractivity contribution in [3.05, 3.63) is 85.4 Å². The number of likely N-dealkylation sites (N-methyl/N-ethyl adjacent to an activating group) is 1. The van der Waals surface area contributed by atoms with Crippen molar-refractivity contribution >= 4 is 40.5 Å². The summed E-state index contributed by atoms with van der Waals surface area (Å²) in [5.74, 6) is 0.928. The topological polar surface area (TPSA) is 69.5 Å². The Bertz CT molecular complexity index is 1620. The largest absolute Gasteiger partial charge is 0.494 e. The normalized spacial score (nSPS) is 14.6. The van der Waals surface area contributed by atoms with Gasteiger partial charge in [0.25, 0.3) is 0 Å². The fourth-order valence-electron chi connectivity index (χ4n) is 6.26. The molecule has 0 bridgehead atoms. The van der Waals surface area contributed by atoms with Gasteiger partial charge in [-0.25, -0.2) is 4.68 Å². The van der Waals surface area contributed by atoms with Crippen LogP contribution in [-0.2, 0) is 30.9 Å². The number of nitrogens with zero attached hydrogens (tertiary/aromatic N) is 4. The van der Waals surface area contributed by atoms with Crippen LogP contribution in [0.5, 0.6) is 5.75 Å². The van der Waals surface area contributed by atoms with Crippen molar-refractivity contribution < 1.29 is 14.3 Å². The Labute approximate surface area is 264 Å². The SMILES string of the molecule is COc1cc(C(c2ccc3c(c2)CN(C)CC3)C(C)(C)C)c(C)c2nnn(CCCOCc3cc(Cl)c(C=O)c(Cl)c3)c12. The quantitative estimate of drug-likeness (QED) is 0.134. The molecule has 5 rings (SSSR count). The van der Waals surface area contributed by atoms with Crippen LogP contribution in [0.1, 0.15) is 76.8 Å². The van der Waals surface area contributed by atoms with Crippen molar-refractivity contribution in [1.29, 1.82) is 0 Å². The van der Waals surface area contributed by atoms with Gasteiger partial charge in [-0.15, -0.1) is 5.10 Å². The molecular weight excluding hydrogens is 583 g/mol. The molecule has 1 unspecified atom stereocenters. The second-order valence-electron chi connectivity index (χ2n) is 12.6. The molecule has 0 saturated heterocycles. The van der Waals surface area contributed by atoms with Gasteiger partial charge in [-0.2, -0.15) is 0 Å². The molecule has 0 amide bonds. The van der Waals surface area contributed by atoms with Crippen molar-refractivity contribution in [2.75, 3.05) is 27.3 Å². The molecular formula is C34H40Cl2N4O3. The second kappa shape index (κ2) is 12.9. The Kier molecular flexibility index (Phi) is 9.47. The van der Waals surface area contributed by atoms with E-state index in [2.05, 4.69) is 74.2 Å². The highest BCUT2D eigenvalue weighted by Gasteiger charge is 2.32. The van der Waals surface area contributed by atoms with Crippen molar-refractivity contribution in [2.45, 2.75) is 66.2 Å². The van der Waals surface area contributed by atoms with Gasteiger partial charge in [-0.1, -0.05) is 67.4 Å². The minimum atomic E-state index is -0.0341. The summed E-state index contributed by atoms with van der Waals surface area (Å²) in [5.41, 5.74) is 9.37. The first-order valence-electron chi connectivity index (χ1n) is 14.7. The number of hydrogen-bond acceptors (Lipinski definition) is 6. The van der Waals surface area contributed by atoms with Crippen LogP contribution in [-0.4, -0.2) is 53.5 Å². The van der Waals surface area contributed by atoms with Gasteiger partial charge in [0, 0.05) is 32.2 Å². The van der Waals surface area contributed by atoms with Crippen molar-refractivity contribution in [2.24, 2.45) is 5.41 Å². The van der Waals surface area contributed by atoms with Gasteiger partial charge in [-0.3, -0.25) is 4.79 Å². The van der Waals surface area contributed by atoms with Crippen LogP contribution in [0, 0.1) is 12.3 Å². The molecule has 1 aromatic heterocycles. The predicted octanol–water partition coefficient (Wildman–Crippen LogP) is 7.64. The van der Waals surface area contributed by atoms with E-state index >= 15 is 0 Å². The van der Waals surface area contributed by atoms with E-state index < -0.39 is 0 Å². The summed E-state index contributed by atoms with van der Waals surface area (Å²) in [6.45, 7) is 12.6. The number of halogens is 2. The molecule has 0 fully saturated rings. The zero-order valence-corrected chi connectivity index (χ0v) is 27.3. The molecule has 1 atom stereocenters. The number of methoxy groups -OCH3 is 1. The Morgan fingerprint density at radius 3 is 2.51 bits per heavy atom. The first kappa shape index (κ1) is 31.5. The van der Waals surface area contributed by atoms with Crippen molar-refractivity contribution in [3.63, 3.8) is 0 Å². The molecule has 4 aromatic rings. The van der Waals surface area contributed by atoms with Crippen LogP contribution in [0.25, 0.3) is 11.0 Å². The summed E-state index contributed by atoms with van der Waals surface area (Å²) in [6.07, 6.45) is 2.48. The summed E-state index contributed by atoms with van der Waals surface area (Å²) in [4.78, 5) is 13.5. The van der Waals surface area contributed by atoms with Crippen LogP contribution in [0.4, 0.5) is 0 Å². The lowest BCUT2D eigenvalue weighted by atomic mass is 9.70. The number of aromatic nitrogens is 3. The van der Waals surface area contributed by atoms with E-state index in [1.165, 1.54) is 22.3 Å². The van der Waals surface area contributed by atoms with Gasteiger partial charge >= 0.3 is 0 Å². The fourth-order valence-corrected chi connectivity index (χ4v) is 6.88. The number of benzene rings is 3. The third kappa shape index (κ3) is 6.60. The minimum Gasteiger partial charge on any atom is -0.494 e. The molecule has 228 valence electrons. The lowest BCUT2D eigenvalue weighted by Gasteiger charge is -2.34. The first-order valence-corrected chi connectivity index (χ1v) is 15.5. The maximum atomic E-state index is 11.1. The number of hydrogen-bond donors (Lipinski definition) is 0. The highest BCUT2D eigenvalue weighted by molar-refractivity contribution is 6.38. The van der Waals surface area contributed by atoms with E-state index in [1.54, 1.807) is 19.2 Å². The molecule has 0 saturated carbocycles. The van der Waals surface area contributed by atoms with Gasteiger partial charge in [0.2, 0.25) is 0 Å². The van der Waals surface area contributed by atoms with Crippen molar-refractivity contribution in [1.82, 2.24) is 19.9 Å². The number of ether oxygens (including phenoxy) is 2. The van der Waals surface area contributed by atoms with Crippen LogP contribution in [0.3, 0.4) is 0 Å². The molecule has 0 N–H and O–H groups in total. The number of rotatable bonds is 10. The highest BCUT2D eigenvalue weighted by atomic mass is 35.5. The molecule has 0 radical (unpaired) electrons.